The van der Waals surface area contributed by atoms with E-state index in [9.17, 15) is 24.6 Å². The molecule has 0 aliphatic heterocycles. The number of nitrogens with zero attached hydrogens (tertiary/aromatic N) is 2. The number of amides is 3. The first-order valence-corrected chi connectivity index (χ1v) is 10.9. The minimum Gasteiger partial charge on any atom is -0.508 e. The molecule has 0 saturated heterocycles. The van der Waals surface area contributed by atoms with Gasteiger partial charge in [-0.05, 0) is 62.1 Å². The van der Waals surface area contributed by atoms with E-state index in [1.165, 1.54) is 42.5 Å². The summed E-state index contributed by atoms with van der Waals surface area (Å²) in [6.45, 7) is 5.37. The first-order valence-electron chi connectivity index (χ1n) is 10.2. The fourth-order valence-electron chi connectivity index (χ4n) is 3.28. The fraction of sp³-hybridized carbons (Fsp3) is 0.217. The van der Waals surface area contributed by atoms with Crippen LogP contribution in [0.4, 0.5) is 11.4 Å². The minimum absolute atomic E-state index is 0.0215. The zero-order valence-corrected chi connectivity index (χ0v) is 19.6. The predicted molar refractivity (Wildman–Crippen MR) is 129 cm³/mol. The van der Waals surface area contributed by atoms with E-state index < -0.39 is 29.3 Å². The number of nitrogens with two attached hydrogens (primary N) is 2. The standard InChI is InChI=1S/C23H25N5O5S/c1-23(2,3)26-21(32)18(12-7-9-14(29)10-8-12)28(13-5-4-6-15(30)11-13)22(33)19-16(24)17(20(25)31)27-34-19/h4-11,18,29-30H,24H2,1-3H3,(H2,25,31)(H,26,32). The molecule has 10 nitrogen and oxygen atoms in total. The summed E-state index contributed by atoms with van der Waals surface area (Å²) in [5.74, 6) is -2.29. The largest absolute Gasteiger partial charge is 0.508 e. The minimum atomic E-state index is -1.23. The van der Waals surface area contributed by atoms with Gasteiger partial charge in [0, 0.05) is 17.3 Å². The number of aromatic hydroxyl groups is 2. The van der Waals surface area contributed by atoms with Crippen molar-refractivity contribution in [3.8, 4) is 11.5 Å². The van der Waals surface area contributed by atoms with Gasteiger partial charge in [0.15, 0.2) is 5.69 Å². The van der Waals surface area contributed by atoms with Crippen LogP contribution in [0.2, 0.25) is 0 Å². The topological polar surface area (TPSA) is 172 Å². The predicted octanol–water partition coefficient (Wildman–Crippen LogP) is 2.54. The van der Waals surface area contributed by atoms with Gasteiger partial charge in [0.25, 0.3) is 11.8 Å². The third kappa shape index (κ3) is 5.26. The number of rotatable bonds is 6. The average Bonchev–Trinajstić information content (AvgIpc) is 3.12. The molecule has 1 aromatic heterocycles. The molecule has 178 valence electrons. The molecule has 2 aromatic carbocycles. The number of nitrogen functional groups attached to an aromatic ring is 1. The normalized spacial score (nSPS) is 12.1. The van der Waals surface area contributed by atoms with E-state index in [0.29, 0.717) is 17.1 Å². The summed E-state index contributed by atoms with van der Waals surface area (Å²) < 4.78 is 3.89. The third-order valence-electron chi connectivity index (χ3n) is 4.70. The fourth-order valence-corrected chi connectivity index (χ4v) is 4.02. The second kappa shape index (κ2) is 9.40. The maximum atomic E-state index is 13.8. The molecular formula is C23H25N5O5S. The van der Waals surface area contributed by atoms with Crippen LogP contribution in [0.1, 0.15) is 52.5 Å². The third-order valence-corrected chi connectivity index (χ3v) is 5.55. The number of benzene rings is 2. The van der Waals surface area contributed by atoms with E-state index >= 15 is 0 Å². The van der Waals surface area contributed by atoms with Gasteiger partial charge in [0.1, 0.15) is 22.4 Å². The van der Waals surface area contributed by atoms with Crippen LogP contribution in [0.25, 0.3) is 0 Å². The highest BCUT2D eigenvalue weighted by Crippen LogP contribution is 2.35. The molecule has 0 bridgehead atoms. The van der Waals surface area contributed by atoms with E-state index in [1.807, 2.05) is 0 Å². The summed E-state index contributed by atoms with van der Waals surface area (Å²) in [6, 6.07) is 10.4. The van der Waals surface area contributed by atoms with Crippen LogP contribution in [0, 0.1) is 0 Å². The van der Waals surface area contributed by atoms with Gasteiger partial charge in [0.05, 0.1) is 5.69 Å². The molecule has 3 amide bonds. The van der Waals surface area contributed by atoms with Crippen molar-refractivity contribution in [3.05, 3.63) is 64.7 Å². The number of carbonyl (C=O) groups is 3. The molecule has 0 radical (unpaired) electrons. The Balaban J connectivity index is 2.24. The number of anilines is 2. The molecule has 3 rings (SSSR count). The van der Waals surface area contributed by atoms with E-state index in [0.717, 1.165) is 4.90 Å². The maximum Gasteiger partial charge on any atom is 0.273 e. The summed E-state index contributed by atoms with van der Waals surface area (Å²) in [6.07, 6.45) is 0. The number of primary amides is 1. The highest BCUT2D eigenvalue weighted by atomic mass is 32.1. The van der Waals surface area contributed by atoms with Crippen molar-refractivity contribution >= 4 is 40.6 Å². The zero-order chi connectivity index (χ0) is 25.2. The smallest absolute Gasteiger partial charge is 0.273 e. The first kappa shape index (κ1) is 24.5. The number of nitrogens with one attached hydrogen (secondary N) is 1. The maximum absolute atomic E-state index is 13.8. The van der Waals surface area contributed by atoms with Gasteiger partial charge in [-0.15, -0.1) is 0 Å². The van der Waals surface area contributed by atoms with Crippen LogP contribution < -0.4 is 21.7 Å². The molecule has 1 unspecified atom stereocenters. The number of hydrogen-bond donors (Lipinski definition) is 5. The number of phenolic OH excluding ortho intramolecular Hbond substituents is 2. The Labute approximate surface area is 200 Å². The van der Waals surface area contributed by atoms with E-state index in [-0.39, 0.29) is 33.4 Å². The monoisotopic (exact) mass is 483 g/mol. The molecule has 0 aliphatic carbocycles. The van der Waals surface area contributed by atoms with Crippen molar-refractivity contribution in [2.24, 2.45) is 5.73 Å². The first-order chi connectivity index (χ1) is 15.9. The zero-order valence-electron chi connectivity index (χ0n) is 18.8. The number of aromatic nitrogens is 1. The second-order valence-electron chi connectivity index (χ2n) is 8.57. The van der Waals surface area contributed by atoms with Gasteiger partial charge >= 0.3 is 0 Å². The Morgan fingerprint density at radius 3 is 2.24 bits per heavy atom. The Kier molecular flexibility index (Phi) is 6.78. The lowest BCUT2D eigenvalue weighted by Gasteiger charge is -2.33. The lowest BCUT2D eigenvalue weighted by Crippen LogP contribution is -2.49. The summed E-state index contributed by atoms with van der Waals surface area (Å²) in [5.41, 5.74) is 10.8. The summed E-state index contributed by atoms with van der Waals surface area (Å²) in [7, 11) is 0. The molecule has 0 saturated carbocycles. The molecule has 34 heavy (non-hydrogen) atoms. The van der Waals surface area contributed by atoms with Gasteiger partial charge in [0.2, 0.25) is 5.91 Å². The highest BCUT2D eigenvalue weighted by Gasteiger charge is 2.37. The Morgan fingerprint density at radius 2 is 1.71 bits per heavy atom. The molecule has 0 fully saturated rings. The highest BCUT2D eigenvalue weighted by molar-refractivity contribution is 7.09. The molecule has 7 N–H and O–H groups in total. The number of phenols is 2. The van der Waals surface area contributed by atoms with Gasteiger partial charge in [-0.1, -0.05) is 18.2 Å². The van der Waals surface area contributed by atoms with E-state index in [1.54, 1.807) is 26.8 Å². The average molecular weight is 484 g/mol. The molecule has 0 spiro atoms. The van der Waals surface area contributed by atoms with Crippen molar-refractivity contribution in [2.75, 3.05) is 10.6 Å². The molecule has 3 aromatic rings. The lowest BCUT2D eigenvalue weighted by molar-refractivity contribution is -0.123. The molecule has 1 atom stereocenters. The Morgan fingerprint density at radius 1 is 1.06 bits per heavy atom. The van der Waals surface area contributed by atoms with Crippen LogP contribution in [0.15, 0.2) is 48.5 Å². The number of hydrogen-bond acceptors (Lipinski definition) is 8. The second-order valence-corrected chi connectivity index (χ2v) is 9.34. The van der Waals surface area contributed by atoms with Gasteiger partial charge < -0.3 is 27.0 Å². The van der Waals surface area contributed by atoms with Gasteiger partial charge in [-0.25, -0.2) is 0 Å². The van der Waals surface area contributed by atoms with Crippen LogP contribution in [-0.4, -0.2) is 37.8 Å². The van der Waals surface area contributed by atoms with E-state index in [4.69, 9.17) is 11.5 Å². The van der Waals surface area contributed by atoms with Crippen molar-refractivity contribution in [1.82, 2.24) is 9.69 Å². The summed E-state index contributed by atoms with van der Waals surface area (Å²) in [4.78, 5) is 40.0. The van der Waals surface area contributed by atoms with Crippen LogP contribution in [0.3, 0.4) is 0 Å². The van der Waals surface area contributed by atoms with Crippen molar-refractivity contribution in [2.45, 2.75) is 32.4 Å². The van der Waals surface area contributed by atoms with Crippen LogP contribution >= 0.6 is 11.5 Å². The summed E-state index contributed by atoms with van der Waals surface area (Å²) >= 11 is 0.678. The summed E-state index contributed by atoms with van der Waals surface area (Å²) in [5, 5.41) is 22.7. The SMILES string of the molecule is CC(C)(C)NC(=O)C(c1ccc(O)cc1)N(C(=O)c1snc(C(N)=O)c1N)c1cccc(O)c1. The van der Waals surface area contributed by atoms with Gasteiger partial charge in [-0.2, -0.15) is 4.37 Å². The molecule has 1 heterocycles. The van der Waals surface area contributed by atoms with Crippen LogP contribution in [0.5, 0.6) is 11.5 Å². The Bertz CT molecular complexity index is 1230. The Hall–Kier alpha value is -4.12. The lowest BCUT2D eigenvalue weighted by atomic mass is 10.00. The molecule has 0 aliphatic rings. The van der Waals surface area contributed by atoms with Crippen molar-refractivity contribution in [3.63, 3.8) is 0 Å². The molecule has 11 heteroatoms. The molecular weight excluding hydrogens is 458 g/mol. The quantitative estimate of drug-likeness (QED) is 0.358. The van der Waals surface area contributed by atoms with E-state index in [2.05, 4.69) is 9.69 Å². The number of carbonyl (C=O) groups excluding carboxylic acids is 3. The van der Waals surface area contributed by atoms with Gasteiger partial charge in [-0.3, -0.25) is 19.3 Å². The van der Waals surface area contributed by atoms with Crippen LogP contribution in [-0.2, 0) is 4.79 Å². The van der Waals surface area contributed by atoms with Crippen molar-refractivity contribution < 1.29 is 24.6 Å². The van der Waals surface area contributed by atoms with Crippen molar-refractivity contribution in [1.29, 1.82) is 0 Å².